The third-order valence-electron chi connectivity index (χ3n) is 4.07. The molecule has 0 aromatic carbocycles. The second kappa shape index (κ2) is 4.90. The molecule has 4 rings (SSSR count). The van der Waals surface area contributed by atoms with Crippen molar-refractivity contribution in [2.75, 3.05) is 19.8 Å². The Morgan fingerprint density at radius 3 is 2.95 bits per heavy atom. The highest BCUT2D eigenvalue weighted by atomic mass is 16.6. The van der Waals surface area contributed by atoms with E-state index in [1.165, 1.54) is 0 Å². The van der Waals surface area contributed by atoms with Gasteiger partial charge in [0.1, 0.15) is 17.6 Å². The molecule has 3 N–H and O–H groups in total. The minimum Gasteiger partial charge on any atom is -0.376 e. The second-order valence-corrected chi connectivity index (χ2v) is 5.55. The number of nitrogens with zero attached hydrogens (tertiary/aromatic N) is 3. The van der Waals surface area contributed by atoms with E-state index < -0.39 is 0 Å². The summed E-state index contributed by atoms with van der Waals surface area (Å²) in [4.78, 5) is 11.9. The van der Waals surface area contributed by atoms with E-state index in [9.17, 15) is 0 Å². The lowest BCUT2D eigenvalue weighted by atomic mass is 9.77. The summed E-state index contributed by atoms with van der Waals surface area (Å²) >= 11 is 0. The van der Waals surface area contributed by atoms with E-state index in [1.807, 2.05) is 0 Å². The van der Waals surface area contributed by atoms with Gasteiger partial charge < -0.3 is 24.7 Å². The number of H-pyrrole nitrogens is 1. The standard InChI is InChI=1S/C13H17N5O3/c14-13(2-1-3-13)12-15-6-8(16-12)11-17-10(18-21-11)9-7-19-4-5-20-9/h6,9H,1-5,7,14H2,(H,15,16). The van der Waals surface area contributed by atoms with Crippen LogP contribution in [0.15, 0.2) is 10.7 Å². The lowest BCUT2D eigenvalue weighted by molar-refractivity contribution is -0.0941. The Bertz CT molecular complexity index is 627. The first-order valence-corrected chi connectivity index (χ1v) is 7.12. The molecule has 0 radical (unpaired) electrons. The molecule has 1 saturated heterocycles. The molecule has 0 amide bonds. The number of imidazole rings is 1. The molecule has 0 spiro atoms. The van der Waals surface area contributed by atoms with E-state index in [0.717, 1.165) is 25.1 Å². The number of nitrogens with one attached hydrogen (secondary N) is 1. The summed E-state index contributed by atoms with van der Waals surface area (Å²) in [6, 6.07) is 0. The van der Waals surface area contributed by atoms with Gasteiger partial charge in [-0.25, -0.2) is 4.98 Å². The van der Waals surface area contributed by atoms with Gasteiger partial charge in [-0.05, 0) is 19.3 Å². The lowest BCUT2D eigenvalue weighted by Crippen LogP contribution is -2.44. The van der Waals surface area contributed by atoms with Gasteiger partial charge >= 0.3 is 0 Å². The minimum atomic E-state index is -0.332. The fraction of sp³-hybridized carbons (Fsp3) is 0.615. The van der Waals surface area contributed by atoms with Crippen molar-refractivity contribution >= 4 is 0 Å². The molecular formula is C13H17N5O3. The zero-order chi connectivity index (χ0) is 14.3. The van der Waals surface area contributed by atoms with Crippen molar-refractivity contribution in [2.45, 2.75) is 30.9 Å². The van der Waals surface area contributed by atoms with Gasteiger partial charge in [0.25, 0.3) is 5.89 Å². The highest BCUT2D eigenvalue weighted by molar-refractivity contribution is 5.45. The van der Waals surface area contributed by atoms with E-state index in [4.69, 9.17) is 19.7 Å². The topological polar surface area (TPSA) is 112 Å². The monoisotopic (exact) mass is 291 g/mol. The van der Waals surface area contributed by atoms with Crippen LogP contribution in [0.4, 0.5) is 0 Å². The van der Waals surface area contributed by atoms with E-state index in [-0.39, 0.29) is 11.6 Å². The molecule has 2 aliphatic rings. The Hall–Kier alpha value is -1.77. The zero-order valence-corrected chi connectivity index (χ0v) is 11.5. The van der Waals surface area contributed by atoms with Gasteiger partial charge in [0.15, 0.2) is 0 Å². The van der Waals surface area contributed by atoms with Crippen molar-refractivity contribution in [3.63, 3.8) is 0 Å². The highest BCUT2D eigenvalue weighted by Crippen LogP contribution is 2.37. The molecule has 2 aromatic heterocycles. The predicted octanol–water partition coefficient (Wildman–Crippen LogP) is 0.885. The predicted molar refractivity (Wildman–Crippen MR) is 71.1 cm³/mol. The fourth-order valence-electron chi connectivity index (χ4n) is 2.59. The van der Waals surface area contributed by atoms with Crippen LogP contribution in [0, 0.1) is 0 Å². The van der Waals surface area contributed by atoms with Crippen LogP contribution >= 0.6 is 0 Å². The van der Waals surface area contributed by atoms with E-state index in [0.29, 0.717) is 37.2 Å². The van der Waals surface area contributed by atoms with Crippen molar-refractivity contribution in [1.29, 1.82) is 0 Å². The summed E-state index contributed by atoms with van der Waals surface area (Å²) in [7, 11) is 0. The summed E-state index contributed by atoms with van der Waals surface area (Å²) in [5, 5.41) is 3.95. The summed E-state index contributed by atoms with van der Waals surface area (Å²) in [5.74, 6) is 1.66. The molecule has 1 aliphatic heterocycles. The molecule has 1 atom stereocenters. The summed E-state index contributed by atoms with van der Waals surface area (Å²) in [6.07, 6.45) is 4.43. The maximum absolute atomic E-state index is 6.24. The van der Waals surface area contributed by atoms with Gasteiger partial charge in [-0.3, -0.25) is 0 Å². The normalized spacial score (nSPS) is 24.7. The molecule has 2 aromatic rings. The Kier molecular flexibility index (Phi) is 3.02. The van der Waals surface area contributed by atoms with Crippen molar-refractivity contribution in [3.8, 4) is 11.6 Å². The largest absolute Gasteiger partial charge is 0.376 e. The molecule has 1 unspecified atom stereocenters. The number of aromatic nitrogens is 4. The van der Waals surface area contributed by atoms with Crippen LogP contribution in [-0.4, -0.2) is 39.9 Å². The maximum atomic E-state index is 6.24. The second-order valence-electron chi connectivity index (χ2n) is 5.55. The van der Waals surface area contributed by atoms with Gasteiger partial charge in [0, 0.05) is 0 Å². The number of nitrogens with two attached hydrogens (primary N) is 1. The molecule has 8 nitrogen and oxygen atoms in total. The smallest absolute Gasteiger partial charge is 0.276 e. The van der Waals surface area contributed by atoms with Crippen LogP contribution in [0.1, 0.15) is 37.0 Å². The van der Waals surface area contributed by atoms with Crippen LogP contribution in [0.3, 0.4) is 0 Å². The lowest BCUT2D eigenvalue weighted by Gasteiger charge is -2.35. The molecule has 1 saturated carbocycles. The number of ether oxygens (including phenoxy) is 2. The van der Waals surface area contributed by atoms with Crippen LogP contribution in [-0.2, 0) is 15.0 Å². The zero-order valence-electron chi connectivity index (χ0n) is 11.5. The summed E-state index contributed by atoms with van der Waals surface area (Å²) < 4.78 is 16.2. The molecule has 8 heteroatoms. The van der Waals surface area contributed by atoms with Gasteiger partial charge in [0.2, 0.25) is 5.82 Å². The quantitative estimate of drug-likeness (QED) is 0.863. The number of rotatable bonds is 3. The fourth-order valence-corrected chi connectivity index (χ4v) is 2.59. The van der Waals surface area contributed by atoms with Gasteiger partial charge in [-0.15, -0.1) is 0 Å². The Morgan fingerprint density at radius 1 is 1.33 bits per heavy atom. The molecule has 2 fully saturated rings. The van der Waals surface area contributed by atoms with Crippen LogP contribution in [0.25, 0.3) is 11.6 Å². The minimum absolute atomic E-state index is 0.272. The third-order valence-corrected chi connectivity index (χ3v) is 4.07. The molecule has 1 aliphatic carbocycles. The number of hydrogen-bond donors (Lipinski definition) is 2. The first-order valence-electron chi connectivity index (χ1n) is 7.12. The van der Waals surface area contributed by atoms with Gasteiger partial charge in [-0.2, -0.15) is 4.98 Å². The maximum Gasteiger partial charge on any atom is 0.276 e. The van der Waals surface area contributed by atoms with Gasteiger partial charge in [0.05, 0.1) is 31.6 Å². The summed E-state index contributed by atoms with van der Waals surface area (Å²) in [6.45, 7) is 1.58. The molecular weight excluding hydrogens is 274 g/mol. The first kappa shape index (κ1) is 12.9. The molecule has 0 bridgehead atoms. The van der Waals surface area contributed by atoms with Crippen molar-refractivity contribution in [2.24, 2.45) is 5.73 Å². The van der Waals surface area contributed by atoms with E-state index >= 15 is 0 Å². The Labute approximate surface area is 121 Å². The van der Waals surface area contributed by atoms with Crippen molar-refractivity contribution in [3.05, 3.63) is 17.8 Å². The molecule has 3 heterocycles. The SMILES string of the molecule is NC1(c2ncc(-c3nc(C4COCCO4)no3)[nH]2)CCC1. The number of hydrogen-bond acceptors (Lipinski definition) is 7. The Balaban J connectivity index is 1.55. The summed E-state index contributed by atoms with van der Waals surface area (Å²) in [5.41, 5.74) is 6.59. The van der Waals surface area contributed by atoms with E-state index in [1.54, 1.807) is 6.20 Å². The molecule has 112 valence electrons. The van der Waals surface area contributed by atoms with Crippen molar-refractivity contribution in [1.82, 2.24) is 20.1 Å². The Morgan fingerprint density at radius 2 is 2.24 bits per heavy atom. The third kappa shape index (κ3) is 2.25. The average Bonchev–Trinajstić information content (AvgIpc) is 3.14. The van der Waals surface area contributed by atoms with Crippen LogP contribution in [0.5, 0.6) is 0 Å². The number of aromatic amines is 1. The highest BCUT2D eigenvalue weighted by Gasteiger charge is 2.37. The van der Waals surface area contributed by atoms with Gasteiger partial charge in [-0.1, -0.05) is 5.16 Å². The van der Waals surface area contributed by atoms with Crippen LogP contribution in [0.2, 0.25) is 0 Å². The van der Waals surface area contributed by atoms with Crippen LogP contribution < -0.4 is 5.73 Å². The average molecular weight is 291 g/mol. The van der Waals surface area contributed by atoms with E-state index in [2.05, 4.69) is 20.1 Å². The first-order chi connectivity index (χ1) is 10.2. The molecule has 21 heavy (non-hydrogen) atoms. The van der Waals surface area contributed by atoms with Crippen molar-refractivity contribution < 1.29 is 14.0 Å².